The summed E-state index contributed by atoms with van der Waals surface area (Å²) in [6.07, 6.45) is 1.25. The summed E-state index contributed by atoms with van der Waals surface area (Å²) in [5.41, 5.74) is 3.66. The zero-order valence-corrected chi connectivity index (χ0v) is 24.3. The van der Waals surface area contributed by atoms with Crippen LogP contribution in [0, 0.1) is 0 Å². The molecule has 5 amide bonds. The number of fused-ring (bicyclic) bond motifs is 1. The first-order valence-corrected chi connectivity index (χ1v) is 14.7. The van der Waals surface area contributed by atoms with Crippen LogP contribution in [0.15, 0.2) is 84.9 Å². The van der Waals surface area contributed by atoms with Gasteiger partial charge in [-0.25, -0.2) is 4.79 Å². The number of nitrogens with zero attached hydrogens (tertiary/aromatic N) is 5. The van der Waals surface area contributed by atoms with Gasteiger partial charge in [0.25, 0.3) is 0 Å². The summed E-state index contributed by atoms with van der Waals surface area (Å²) in [6.45, 7) is 1.63. The van der Waals surface area contributed by atoms with E-state index in [4.69, 9.17) is 0 Å². The van der Waals surface area contributed by atoms with Gasteiger partial charge in [0.1, 0.15) is 12.2 Å². The van der Waals surface area contributed by atoms with Crippen LogP contribution in [0.3, 0.4) is 0 Å². The minimum Gasteiger partial charge on any atom is -0.333 e. The Morgan fingerprint density at radius 3 is 2.28 bits per heavy atom. The van der Waals surface area contributed by atoms with E-state index in [9.17, 15) is 19.2 Å². The highest BCUT2D eigenvalue weighted by Crippen LogP contribution is 2.30. The highest BCUT2D eigenvalue weighted by Gasteiger charge is 2.51. The van der Waals surface area contributed by atoms with Gasteiger partial charge < -0.3 is 20.0 Å². The van der Waals surface area contributed by atoms with E-state index in [0.29, 0.717) is 32.5 Å². The van der Waals surface area contributed by atoms with Crippen molar-refractivity contribution in [3.63, 3.8) is 0 Å². The first-order valence-electron chi connectivity index (χ1n) is 14.7. The van der Waals surface area contributed by atoms with E-state index in [1.54, 1.807) is 26.8 Å². The Bertz CT molecular complexity index is 1500. The molecule has 3 aromatic carbocycles. The third kappa shape index (κ3) is 5.96. The molecule has 43 heavy (non-hydrogen) atoms. The largest absolute Gasteiger partial charge is 0.333 e. The van der Waals surface area contributed by atoms with Crippen LogP contribution in [-0.2, 0) is 33.9 Å². The number of urea groups is 1. The minimum atomic E-state index is -0.706. The maximum atomic E-state index is 14.0. The maximum absolute atomic E-state index is 14.0. The SMILES string of the molecule is CN(C(=O)NCc1ccccc1)N1CC(=O)N2[C@@H](Cc3ccccc3)C(=O)N(Cc3cccc(N4CCCC4=O)c3)C[C@@H]21. The summed E-state index contributed by atoms with van der Waals surface area (Å²) in [5, 5.41) is 6.14. The van der Waals surface area contributed by atoms with Crippen molar-refractivity contribution in [2.24, 2.45) is 0 Å². The fourth-order valence-electron chi connectivity index (χ4n) is 6.26. The van der Waals surface area contributed by atoms with E-state index >= 15 is 0 Å². The molecule has 10 nitrogen and oxygen atoms in total. The number of amides is 5. The third-order valence-corrected chi connectivity index (χ3v) is 8.47. The van der Waals surface area contributed by atoms with Gasteiger partial charge in [-0.15, -0.1) is 0 Å². The number of piperazine rings is 1. The summed E-state index contributed by atoms with van der Waals surface area (Å²) in [5.74, 6) is -0.205. The van der Waals surface area contributed by atoms with Crippen LogP contribution in [0.2, 0.25) is 0 Å². The molecule has 0 saturated carbocycles. The molecule has 3 aliphatic rings. The maximum Gasteiger partial charge on any atom is 0.332 e. The Morgan fingerprint density at radius 2 is 1.58 bits per heavy atom. The molecule has 3 fully saturated rings. The van der Waals surface area contributed by atoms with Crippen molar-refractivity contribution >= 4 is 29.4 Å². The number of hydrogen-bond donors (Lipinski definition) is 1. The van der Waals surface area contributed by atoms with Crippen LogP contribution < -0.4 is 10.2 Å². The summed E-state index contributed by atoms with van der Waals surface area (Å²) in [4.78, 5) is 58.3. The van der Waals surface area contributed by atoms with Crippen molar-refractivity contribution in [3.8, 4) is 0 Å². The number of rotatable bonds is 8. The molecule has 0 aromatic heterocycles. The summed E-state index contributed by atoms with van der Waals surface area (Å²) < 4.78 is 0. The summed E-state index contributed by atoms with van der Waals surface area (Å²) in [7, 11) is 1.65. The lowest BCUT2D eigenvalue weighted by Gasteiger charge is -2.45. The molecule has 222 valence electrons. The number of carbonyl (C=O) groups excluding carboxylic acids is 4. The highest BCUT2D eigenvalue weighted by atomic mass is 16.2. The molecule has 3 saturated heterocycles. The Hall–Kier alpha value is -4.70. The molecule has 0 radical (unpaired) electrons. The monoisotopic (exact) mass is 580 g/mol. The standard InChI is InChI=1S/C33H36N6O4/c1-35(33(43)34-20-25-12-6-3-7-13-25)38-23-31(41)39-28(19-24-10-4-2-5-11-24)32(42)36(22-29(38)39)21-26-14-8-15-27(18-26)37-17-9-16-30(37)40/h2-8,10-15,18,28-29H,9,16-17,19-23H2,1H3,(H,34,43)/t28-,29+/m0/s1. The topological polar surface area (TPSA) is 96.5 Å². The van der Waals surface area contributed by atoms with E-state index in [1.807, 2.05) is 84.9 Å². The van der Waals surface area contributed by atoms with Gasteiger partial charge in [-0.2, -0.15) is 5.01 Å². The van der Waals surface area contributed by atoms with Crippen LogP contribution in [-0.4, -0.2) is 82.5 Å². The number of hydrogen-bond acceptors (Lipinski definition) is 5. The molecule has 0 bridgehead atoms. The minimum absolute atomic E-state index is 0.00110. The molecule has 0 spiro atoms. The number of nitrogens with one attached hydrogen (secondary N) is 1. The molecule has 3 aromatic rings. The molecule has 3 aliphatic heterocycles. The van der Waals surface area contributed by atoms with Gasteiger partial charge in [0, 0.05) is 45.2 Å². The molecular weight excluding hydrogens is 544 g/mol. The van der Waals surface area contributed by atoms with Gasteiger partial charge in [0.05, 0.1) is 13.1 Å². The molecule has 0 unspecified atom stereocenters. The van der Waals surface area contributed by atoms with Crippen LogP contribution >= 0.6 is 0 Å². The first-order chi connectivity index (χ1) is 20.9. The van der Waals surface area contributed by atoms with E-state index in [2.05, 4.69) is 5.32 Å². The molecule has 0 aliphatic carbocycles. The number of hydrazine groups is 1. The fourth-order valence-corrected chi connectivity index (χ4v) is 6.26. The van der Waals surface area contributed by atoms with Gasteiger partial charge in [0.2, 0.25) is 17.7 Å². The molecule has 3 heterocycles. The van der Waals surface area contributed by atoms with E-state index in [1.165, 1.54) is 5.01 Å². The van der Waals surface area contributed by atoms with Gasteiger partial charge in [-0.1, -0.05) is 72.8 Å². The smallest absolute Gasteiger partial charge is 0.332 e. The molecule has 6 rings (SSSR count). The van der Waals surface area contributed by atoms with Gasteiger partial charge in [-0.3, -0.25) is 19.4 Å². The predicted octanol–water partition coefficient (Wildman–Crippen LogP) is 2.99. The Balaban J connectivity index is 1.24. The first kappa shape index (κ1) is 28.4. The second-order valence-corrected chi connectivity index (χ2v) is 11.3. The van der Waals surface area contributed by atoms with Crippen molar-refractivity contribution in [3.05, 3.63) is 102 Å². The van der Waals surface area contributed by atoms with E-state index < -0.39 is 12.2 Å². The highest BCUT2D eigenvalue weighted by molar-refractivity contribution is 5.95. The zero-order chi connectivity index (χ0) is 29.9. The zero-order valence-electron chi connectivity index (χ0n) is 24.3. The average molecular weight is 581 g/mol. The predicted molar refractivity (Wildman–Crippen MR) is 161 cm³/mol. The fraction of sp³-hybridized carbons (Fsp3) is 0.333. The van der Waals surface area contributed by atoms with Gasteiger partial charge >= 0.3 is 6.03 Å². The van der Waals surface area contributed by atoms with E-state index in [-0.39, 0.29) is 36.8 Å². The van der Waals surface area contributed by atoms with Gasteiger partial charge in [-0.05, 0) is 35.2 Å². The Morgan fingerprint density at radius 1 is 0.884 bits per heavy atom. The normalized spacial score (nSPS) is 20.5. The Kier molecular flexibility index (Phi) is 8.11. The summed E-state index contributed by atoms with van der Waals surface area (Å²) in [6, 6.07) is 26.0. The lowest BCUT2D eigenvalue weighted by molar-refractivity contribution is -0.157. The lowest BCUT2D eigenvalue weighted by atomic mass is 10.00. The van der Waals surface area contributed by atoms with Crippen molar-refractivity contribution in [1.82, 2.24) is 25.1 Å². The Labute approximate surface area is 251 Å². The number of anilines is 1. The van der Waals surface area contributed by atoms with Crippen LogP contribution in [0.5, 0.6) is 0 Å². The number of carbonyl (C=O) groups is 4. The molecule has 10 heteroatoms. The lowest BCUT2D eigenvalue weighted by Crippen LogP contribution is -2.65. The summed E-state index contributed by atoms with van der Waals surface area (Å²) >= 11 is 0. The van der Waals surface area contributed by atoms with Crippen molar-refractivity contribution in [1.29, 1.82) is 0 Å². The number of benzene rings is 3. The molecular formula is C33H36N6O4. The second kappa shape index (κ2) is 12.3. The van der Waals surface area contributed by atoms with Crippen LogP contribution in [0.25, 0.3) is 0 Å². The van der Waals surface area contributed by atoms with Crippen molar-refractivity contribution in [2.75, 3.05) is 31.6 Å². The van der Waals surface area contributed by atoms with Crippen molar-refractivity contribution < 1.29 is 19.2 Å². The van der Waals surface area contributed by atoms with Crippen LogP contribution in [0.1, 0.15) is 29.5 Å². The second-order valence-electron chi connectivity index (χ2n) is 11.3. The molecule has 1 N–H and O–H groups in total. The van der Waals surface area contributed by atoms with Crippen molar-refractivity contribution in [2.45, 2.75) is 44.6 Å². The van der Waals surface area contributed by atoms with Gasteiger partial charge in [0.15, 0.2) is 0 Å². The van der Waals surface area contributed by atoms with Crippen LogP contribution in [0.4, 0.5) is 10.5 Å². The average Bonchev–Trinajstić information content (AvgIpc) is 3.61. The molecule has 2 atom stereocenters. The van der Waals surface area contributed by atoms with E-state index in [0.717, 1.165) is 28.8 Å². The quantitative estimate of drug-likeness (QED) is 0.442. The third-order valence-electron chi connectivity index (χ3n) is 8.47.